The van der Waals surface area contributed by atoms with Crippen molar-refractivity contribution in [1.29, 1.82) is 0 Å². The summed E-state index contributed by atoms with van der Waals surface area (Å²) < 4.78 is 10.4. The number of aromatic nitrogens is 1. The summed E-state index contributed by atoms with van der Waals surface area (Å²) in [5.41, 5.74) is 0.956. The van der Waals surface area contributed by atoms with E-state index in [1.807, 2.05) is 13.0 Å². The molecule has 25 heavy (non-hydrogen) atoms. The molecule has 0 spiro atoms. The van der Waals surface area contributed by atoms with Crippen LogP contribution in [-0.4, -0.2) is 36.8 Å². The van der Waals surface area contributed by atoms with E-state index < -0.39 is 0 Å². The summed E-state index contributed by atoms with van der Waals surface area (Å²) in [7, 11) is 1.75. The Morgan fingerprint density at radius 3 is 2.68 bits per heavy atom. The minimum Gasteiger partial charge on any atom is -0.466 e. The fourth-order valence-electron chi connectivity index (χ4n) is 2.98. The number of hydrogen-bond donors (Lipinski definition) is 2. The number of carbonyl (C=O) groups excluding carboxylic acids is 1. The van der Waals surface area contributed by atoms with Gasteiger partial charge < -0.3 is 19.9 Å². The number of esters is 1. The van der Waals surface area contributed by atoms with Gasteiger partial charge in [-0.15, -0.1) is 0 Å². The first-order valence-corrected chi connectivity index (χ1v) is 9.12. The zero-order valence-corrected chi connectivity index (χ0v) is 15.7. The minimum atomic E-state index is -0.0604. The van der Waals surface area contributed by atoms with Gasteiger partial charge in [-0.05, 0) is 38.5 Å². The summed E-state index contributed by atoms with van der Waals surface area (Å²) in [4.78, 5) is 16.1. The second kappa shape index (κ2) is 9.44. The van der Waals surface area contributed by atoms with Gasteiger partial charge >= 0.3 is 5.97 Å². The van der Waals surface area contributed by atoms with Crippen LogP contribution in [0.25, 0.3) is 0 Å². The molecule has 1 heterocycles. The van der Waals surface area contributed by atoms with Crippen molar-refractivity contribution in [1.82, 2.24) is 15.8 Å². The van der Waals surface area contributed by atoms with E-state index in [1.165, 1.54) is 0 Å². The summed E-state index contributed by atoms with van der Waals surface area (Å²) in [5, 5.41) is 10.7. The molecule has 0 radical (unpaired) electrons. The molecule has 1 saturated carbocycles. The molecular formula is C18H30N4O3. The Kier molecular flexibility index (Phi) is 7.28. The monoisotopic (exact) mass is 350 g/mol. The lowest BCUT2D eigenvalue weighted by Gasteiger charge is -2.28. The lowest BCUT2D eigenvalue weighted by atomic mass is 9.86. The first-order valence-electron chi connectivity index (χ1n) is 9.12. The Bertz CT molecular complexity index is 575. The molecule has 0 unspecified atom stereocenters. The summed E-state index contributed by atoms with van der Waals surface area (Å²) in [6.45, 7) is 7.01. The molecule has 0 saturated heterocycles. The summed E-state index contributed by atoms with van der Waals surface area (Å²) >= 11 is 0. The second-order valence-electron chi connectivity index (χ2n) is 6.74. The number of hydrogen-bond acceptors (Lipinski definition) is 5. The molecule has 0 aliphatic heterocycles. The molecular weight excluding hydrogens is 320 g/mol. The van der Waals surface area contributed by atoms with Crippen LogP contribution < -0.4 is 10.6 Å². The fraction of sp³-hybridized carbons (Fsp3) is 0.722. The average Bonchev–Trinajstić information content (AvgIpc) is 3.08. The highest BCUT2D eigenvalue weighted by Gasteiger charge is 2.27. The van der Waals surface area contributed by atoms with Crippen molar-refractivity contribution in [3.8, 4) is 0 Å². The van der Waals surface area contributed by atoms with Crippen molar-refractivity contribution in [2.75, 3.05) is 13.7 Å². The molecule has 7 nitrogen and oxygen atoms in total. The van der Waals surface area contributed by atoms with Crippen molar-refractivity contribution >= 4 is 11.9 Å². The molecule has 7 heteroatoms. The summed E-state index contributed by atoms with van der Waals surface area (Å²) in [6.07, 6.45) is 3.58. The fourth-order valence-corrected chi connectivity index (χ4v) is 2.98. The van der Waals surface area contributed by atoms with Crippen LogP contribution in [0.1, 0.15) is 63.8 Å². The van der Waals surface area contributed by atoms with E-state index >= 15 is 0 Å². The highest BCUT2D eigenvalue weighted by Crippen LogP contribution is 2.25. The predicted molar refractivity (Wildman–Crippen MR) is 96.3 cm³/mol. The van der Waals surface area contributed by atoms with Crippen molar-refractivity contribution in [3.63, 3.8) is 0 Å². The highest BCUT2D eigenvalue weighted by atomic mass is 16.5. The second-order valence-corrected chi connectivity index (χ2v) is 6.74. The Balaban J connectivity index is 1.76. The standard InChI is InChI=1S/C18H30N4O3/c1-5-24-17(23)13-6-8-14(9-7-13)21-18(19-4)20-11-15-10-16(12(2)3)22-25-15/h10,12-14H,5-9,11H2,1-4H3,(H2,19,20,21). The number of carbonyl (C=O) groups is 1. The van der Waals surface area contributed by atoms with Crippen LogP contribution in [0.3, 0.4) is 0 Å². The zero-order chi connectivity index (χ0) is 18.2. The van der Waals surface area contributed by atoms with Gasteiger partial charge in [0.2, 0.25) is 0 Å². The Morgan fingerprint density at radius 1 is 1.40 bits per heavy atom. The van der Waals surface area contributed by atoms with E-state index in [2.05, 4.69) is 34.6 Å². The highest BCUT2D eigenvalue weighted by molar-refractivity contribution is 5.80. The van der Waals surface area contributed by atoms with Gasteiger partial charge in [0.15, 0.2) is 11.7 Å². The lowest BCUT2D eigenvalue weighted by Crippen LogP contribution is -2.45. The van der Waals surface area contributed by atoms with Crippen molar-refractivity contribution in [3.05, 3.63) is 17.5 Å². The van der Waals surface area contributed by atoms with Gasteiger partial charge in [0.25, 0.3) is 0 Å². The van der Waals surface area contributed by atoms with Gasteiger partial charge in [-0.25, -0.2) is 0 Å². The van der Waals surface area contributed by atoms with Crippen LogP contribution in [0.4, 0.5) is 0 Å². The maximum absolute atomic E-state index is 11.8. The Labute approximate surface area is 149 Å². The van der Waals surface area contributed by atoms with Gasteiger partial charge in [-0.3, -0.25) is 9.79 Å². The van der Waals surface area contributed by atoms with Gasteiger partial charge in [0.05, 0.1) is 24.8 Å². The van der Waals surface area contributed by atoms with Crippen LogP contribution >= 0.6 is 0 Å². The van der Waals surface area contributed by atoms with E-state index in [4.69, 9.17) is 9.26 Å². The van der Waals surface area contributed by atoms with E-state index in [0.29, 0.717) is 25.1 Å². The van der Waals surface area contributed by atoms with E-state index in [-0.39, 0.29) is 11.9 Å². The van der Waals surface area contributed by atoms with Crippen LogP contribution in [0, 0.1) is 5.92 Å². The number of guanidine groups is 1. The van der Waals surface area contributed by atoms with Crippen LogP contribution in [0.5, 0.6) is 0 Å². The minimum absolute atomic E-state index is 0.0385. The topological polar surface area (TPSA) is 88.8 Å². The van der Waals surface area contributed by atoms with Gasteiger partial charge in [0.1, 0.15) is 0 Å². The Morgan fingerprint density at radius 2 is 2.12 bits per heavy atom. The largest absolute Gasteiger partial charge is 0.466 e. The molecule has 1 fully saturated rings. The predicted octanol–water partition coefficient (Wildman–Crippen LogP) is 2.58. The molecule has 1 aliphatic carbocycles. The smallest absolute Gasteiger partial charge is 0.308 e. The van der Waals surface area contributed by atoms with Crippen LogP contribution in [0.2, 0.25) is 0 Å². The lowest BCUT2D eigenvalue weighted by molar-refractivity contribution is -0.149. The molecule has 0 bridgehead atoms. The maximum Gasteiger partial charge on any atom is 0.308 e. The van der Waals surface area contributed by atoms with Crippen LogP contribution in [-0.2, 0) is 16.1 Å². The van der Waals surface area contributed by atoms with E-state index in [1.54, 1.807) is 7.05 Å². The Hall–Kier alpha value is -2.05. The average molecular weight is 350 g/mol. The number of rotatable bonds is 6. The van der Waals surface area contributed by atoms with E-state index in [9.17, 15) is 4.79 Å². The third kappa shape index (κ3) is 5.76. The molecule has 140 valence electrons. The quantitative estimate of drug-likeness (QED) is 0.466. The first kappa shape index (κ1) is 19.3. The molecule has 0 aromatic carbocycles. The third-order valence-corrected chi connectivity index (χ3v) is 4.51. The number of ether oxygens (including phenoxy) is 1. The van der Waals surface area contributed by atoms with Crippen molar-refractivity contribution in [2.24, 2.45) is 10.9 Å². The normalized spacial score (nSPS) is 21.2. The number of aliphatic imine (C=N–C) groups is 1. The molecule has 2 rings (SSSR count). The number of nitrogens with zero attached hydrogens (tertiary/aromatic N) is 2. The van der Waals surface area contributed by atoms with E-state index in [0.717, 1.165) is 43.1 Å². The van der Waals surface area contributed by atoms with Gasteiger partial charge in [0, 0.05) is 19.2 Å². The third-order valence-electron chi connectivity index (χ3n) is 4.51. The summed E-state index contributed by atoms with van der Waals surface area (Å²) in [5.74, 6) is 1.86. The summed E-state index contributed by atoms with van der Waals surface area (Å²) in [6, 6.07) is 2.29. The molecule has 2 N–H and O–H groups in total. The van der Waals surface area contributed by atoms with Crippen molar-refractivity contribution < 1.29 is 14.1 Å². The maximum atomic E-state index is 11.8. The molecule has 1 aromatic heterocycles. The van der Waals surface area contributed by atoms with Crippen LogP contribution in [0.15, 0.2) is 15.6 Å². The van der Waals surface area contributed by atoms with Gasteiger partial charge in [-0.2, -0.15) is 0 Å². The molecule has 1 aliphatic rings. The molecule has 1 aromatic rings. The number of nitrogens with one attached hydrogen (secondary N) is 2. The van der Waals surface area contributed by atoms with Gasteiger partial charge in [-0.1, -0.05) is 19.0 Å². The first-order chi connectivity index (χ1) is 12.0. The molecule has 0 amide bonds. The van der Waals surface area contributed by atoms with Crippen molar-refractivity contribution in [2.45, 2.75) is 65.0 Å². The SMILES string of the molecule is CCOC(=O)C1CCC(NC(=NC)NCc2cc(C(C)C)no2)CC1. The molecule has 0 atom stereocenters. The zero-order valence-electron chi connectivity index (χ0n) is 15.7.